The second-order valence-electron chi connectivity index (χ2n) is 2.33. The number of rotatable bonds is 3. The van der Waals surface area contributed by atoms with Crippen molar-refractivity contribution in [1.29, 1.82) is 0 Å². The Morgan fingerprint density at radius 2 is 2.33 bits per heavy atom. The van der Waals surface area contributed by atoms with E-state index in [4.69, 9.17) is 4.74 Å². The molecule has 0 unspecified atom stereocenters. The number of hydrogen-bond acceptors (Lipinski definition) is 2. The highest BCUT2D eigenvalue weighted by Gasteiger charge is 2.01. The maximum absolute atomic E-state index is 10.3. The largest absolute Gasteiger partial charge is 0.496 e. The van der Waals surface area contributed by atoms with Crippen molar-refractivity contribution in [2.75, 3.05) is 7.11 Å². The second kappa shape index (κ2) is 4.26. The summed E-state index contributed by atoms with van der Waals surface area (Å²) in [4.78, 5) is 10.3. The van der Waals surface area contributed by atoms with Gasteiger partial charge in [-0.15, -0.1) is 0 Å². The van der Waals surface area contributed by atoms with E-state index in [1.165, 1.54) is 0 Å². The summed E-state index contributed by atoms with van der Waals surface area (Å²) in [5.41, 5.74) is 0.913. The fourth-order valence-corrected chi connectivity index (χ4v) is 1.32. The van der Waals surface area contributed by atoms with Crippen LogP contribution in [0.4, 0.5) is 0 Å². The minimum Gasteiger partial charge on any atom is -0.496 e. The van der Waals surface area contributed by atoms with Crippen molar-refractivity contribution in [3.05, 3.63) is 28.2 Å². The summed E-state index contributed by atoms with van der Waals surface area (Å²) in [6.07, 6.45) is 1.27. The van der Waals surface area contributed by atoms with Crippen LogP contribution in [0.2, 0.25) is 0 Å². The lowest BCUT2D eigenvalue weighted by molar-refractivity contribution is -0.107. The molecule has 0 fully saturated rings. The van der Waals surface area contributed by atoms with Gasteiger partial charge in [0, 0.05) is 16.5 Å². The molecule has 0 saturated heterocycles. The van der Waals surface area contributed by atoms with Gasteiger partial charge < -0.3 is 9.53 Å². The Labute approximate surface area is 79.7 Å². The molecular formula is C9H9BrO2. The number of halogens is 1. The molecule has 0 aliphatic carbocycles. The average molecular weight is 229 g/mol. The molecule has 1 rings (SSSR count). The van der Waals surface area contributed by atoms with Gasteiger partial charge in [0.2, 0.25) is 0 Å². The molecule has 2 nitrogen and oxygen atoms in total. The summed E-state index contributed by atoms with van der Waals surface area (Å²) < 4.78 is 6.04. The van der Waals surface area contributed by atoms with Crippen LogP contribution in [0.1, 0.15) is 5.56 Å². The zero-order valence-corrected chi connectivity index (χ0v) is 8.30. The van der Waals surface area contributed by atoms with Crippen molar-refractivity contribution in [3.8, 4) is 5.75 Å². The molecule has 1 aromatic rings. The highest BCUT2D eigenvalue weighted by atomic mass is 79.9. The molecule has 0 radical (unpaired) electrons. The van der Waals surface area contributed by atoms with Crippen LogP contribution < -0.4 is 4.74 Å². The van der Waals surface area contributed by atoms with Crippen LogP contribution in [0.3, 0.4) is 0 Å². The molecule has 0 bridgehead atoms. The van der Waals surface area contributed by atoms with Gasteiger partial charge in [-0.05, 0) is 12.1 Å². The molecule has 0 heterocycles. The van der Waals surface area contributed by atoms with Crippen molar-refractivity contribution in [2.45, 2.75) is 6.42 Å². The van der Waals surface area contributed by atoms with Crippen molar-refractivity contribution in [1.82, 2.24) is 0 Å². The predicted octanol–water partition coefficient (Wildman–Crippen LogP) is 2.20. The number of ether oxygens (including phenoxy) is 1. The first kappa shape index (κ1) is 9.26. The zero-order valence-electron chi connectivity index (χ0n) is 6.71. The monoisotopic (exact) mass is 228 g/mol. The molecule has 3 heteroatoms. The molecule has 0 saturated carbocycles. The summed E-state index contributed by atoms with van der Waals surface area (Å²) in [6, 6.07) is 5.61. The molecule has 0 atom stereocenters. The third kappa shape index (κ3) is 2.08. The van der Waals surface area contributed by atoms with Crippen LogP contribution in [0, 0.1) is 0 Å². The minimum absolute atomic E-state index is 0.399. The summed E-state index contributed by atoms with van der Waals surface area (Å²) in [5, 5.41) is 0. The van der Waals surface area contributed by atoms with Crippen molar-refractivity contribution in [2.24, 2.45) is 0 Å². The summed E-state index contributed by atoms with van der Waals surface area (Å²) in [6.45, 7) is 0. The lowest BCUT2D eigenvalue weighted by Gasteiger charge is -2.05. The van der Waals surface area contributed by atoms with E-state index in [0.29, 0.717) is 6.42 Å². The lowest BCUT2D eigenvalue weighted by atomic mass is 10.1. The highest BCUT2D eigenvalue weighted by Crippen LogP contribution is 2.23. The van der Waals surface area contributed by atoms with Gasteiger partial charge in [-0.3, -0.25) is 0 Å². The highest BCUT2D eigenvalue weighted by molar-refractivity contribution is 9.10. The fraction of sp³-hybridized carbons (Fsp3) is 0.222. The van der Waals surface area contributed by atoms with Gasteiger partial charge in [-0.25, -0.2) is 0 Å². The maximum Gasteiger partial charge on any atom is 0.124 e. The SMILES string of the molecule is COc1cc(Br)ccc1CC=O. The molecule has 0 aromatic heterocycles. The third-order valence-electron chi connectivity index (χ3n) is 1.55. The van der Waals surface area contributed by atoms with Gasteiger partial charge in [-0.2, -0.15) is 0 Å². The minimum atomic E-state index is 0.399. The Kier molecular flexibility index (Phi) is 3.29. The van der Waals surface area contributed by atoms with E-state index in [-0.39, 0.29) is 0 Å². The second-order valence-corrected chi connectivity index (χ2v) is 3.24. The van der Waals surface area contributed by atoms with E-state index in [9.17, 15) is 4.79 Å². The zero-order chi connectivity index (χ0) is 8.97. The molecule has 1 aromatic carbocycles. The number of carbonyl (C=O) groups excluding carboxylic acids is 1. The van der Waals surface area contributed by atoms with Crippen LogP contribution in [0.5, 0.6) is 5.75 Å². The number of hydrogen-bond donors (Lipinski definition) is 0. The van der Waals surface area contributed by atoms with E-state index < -0.39 is 0 Å². The molecule has 0 spiro atoms. The van der Waals surface area contributed by atoms with Crippen LogP contribution in [0.15, 0.2) is 22.7 Å². The average Bonchev–Trinajstić information content (AvgIpc) is 2.08. The molecule has 64 valence electrons. The number of carbonyl (C=O) groups is 1. The summed E-state index contributed by atoms with van der Waals surface area (Å²) >= 11 is 3.32. The van der Waals surface area contributed by atoms with Gasteiger partial charge in [0.15, 0.2) is 0 Å². The summed E-state index contributed by atoms with van der Waals surface area (Å²) in [7, 11) is 1.59. The smallest absolute Gasteiger partial charge is 0.124 e. The molecule has 0 amide bonds. The quantitative estimate of drug-likeness (QED) is 0.742. The fourth-order valence-electron chi connectivity index (χ4n) is 0.977. The Hall–Kier alpha value is -0.830. The van der Waals surface area contributed by atoms with Crippen LogP contribution >= 0.6 is 15.9 Å². The first-order valence-electron chi connectivity index (χ1n) is 3.54. The van der Waals surface area contributed by atoms with E-state index in [0.717, 1.165) is 22.1 Å². The van der Waals surface area contributed by atoms with Gasteiger partial charge in [0.1, 0.15) is 12.0 Å². The van der Waals surface area contributed by atoms with Crippen molar-refractivity contribution < 1.29 is 9.53 Å². The van der Waals surface area contributed by atoms with Crippen molar-refractivity contribution in [3.63, 3.8) is 0 Å². The van der Waals surface area contributed by atoms with Crippen LogP contribution in [-0.2, 0) is 11.2 Å². The Balaban J connectivity index is 3.01. The van der Waals surface area contributed by atoms with Gasteiger partial charge >= 0.3 is 0 Å². The van der Waals surface area contributed by atoms with Crippen LogP contribution in [0.25, 0.3) is 0 Å². The van der Waals surface area contributed by atoms with Gasteiger partial charge in [-0.1, -0.05) is 22.0 Å². The third-order valence-corrected chi connectivity index (χ3v) is 2.05. The van der Waals surface area contributed by atoms with Crippen molar-refractivity contribution >= 4 is 22.2 Å². The molecule has 0 aliphatic rings. The molecule has 0 aliphatic heterocycles. The first-order chi connectivity index (χ1) is 5.77. The molecule has 0 N–H and O–H groups in total. The number of benzene rings is 1. The predicted molar refractivity (Wildman–Crippen MR) is 50.5 cm³/mol. The normalized spacial score (nSPS) is 9.50. The van der Waals surface area contributed by atoms with E-state index in [2.05, 4.69) is 15.9 Å². The van der Waals surface area contributed by atoms with Crippen LogP contribution in [-0.4, -0.2) is 13.4 Å². The molecular weight excluding hydrogens is 220 g/mol. The first-order valence-corrected chi connectivity index (χ1v) is 4.33. The Bertz CT molecular complexity index is 284. The molecule has 12 heavy (non-hydrogen) atoms. The van der Waals surface area contributed by atoms with E-state index in [1.54, 1.807) is 7.11 Å². The van der Waals surface area contributed by atoms with Gasteiger partial charge in [0.05, 0.1) is 7.11 Å². The van der Waals surface area contributed by atoms with E-state index in [1.807, 2.05) is 18.2 Å². The summed E-state index contributed by atoms with van der Waals surface area (Å²) in [5.74, 6) is 0.747. The number of methoxy groups -OCH3 is 1. The Morgan fingerprint density at radius 1 is 1.58 bits per heavy atom. The van der Waals surface area contributed by atoms with E-state index >= 15 is 0 Å². The maximum atomic E-state index is 10.3. The lowest BCUT2D eigenvalue weighted by Crippen LogP contribution is -1.92. The number of aldehydes is 1. The standard InChI is InChI=1S/C9H9BrO2/c1-12-9-6-8(10)3-2-7(9)4-5-11/h2-3,5-6H,4H2,1H3. The topological polar surface area (TPSA) is 26.3 Å². The Morgan fingerprint density at radius 3 is 2.92 bits per heavy atom. The van der Waals surface area contributed by atoms with Gasteiger partial charge in [0.25, 0.3) is 0 Å².